The maximum absolute atomic E-state index is 12.1. The molecule has 0 bridgehead atoms. The summed E-state index contributed by atoms with van der Waals surface area (Å²) in [7, 11) is 1.38. The molecule has 0 fully saturated rings. The number of alkyl halides is 3. The summed E-state index contributed by atoms with van der Waals surface area (Å²) in [5.41, 5.74) is 1.06. The third-order valence-electron chi connectivity index (χ3n) is 1.53. The SMILES string of the molecule is Cn1nc(C(F)(F)F)cc1CNO. The van der Waals surface area contributed by atoms with Crippen LogP contribution >= 0.6 is 0 Å². The standard InChI is InChI=1S/C6H8F3N3O/c1-12-4(3-10-13)2-5(11-12)6(7,8)9/h2,10,13H,3H2,1H3. The summed E-state index contributed by atoms with van der Waals surface area (Å²) in [6.07, 6.45) is -4.44. The number of aryl methyl sites for hydroxylation is 1. The normalized spacial score (nSPS) is 12.1. The second-order valence-electron chi connectivity index (χ2n) is 2.48. The molecule has 1 aromatic rings. The smallest absolute Gasteiger partial charge is 0.316 e. The second kappa shape index (κ2) is 3.35. The number of rotatable bonds is 2. The molecule has 0 atom stereocenters. The summed E-state index contributed by atoms with van der Waals surface area (Å²) in [5.74, 6) is 0. The first-order chi connectivity index (χ1) is 5.95. The Kier molecular flexibility index (Phi) is 2.58. The molecule has 2 N–H and O–H groups in total. The van der Waals surface area contributed by atoms with E-state index in [0.717, 1.165) is 10.7 Å². The summed E-state index contributed by atoms with van der Waals surface area (Å²) in [4.78, 5) is 0. The average molecular weight is 195 g/mol. The zero-order chi connectivity index (χ0) is 10.1. The van der Waals surface area contributed by atoms with E-state index in [1.54, 1.807) is 5.48 Å². The molecule has 0 aliphatic heterocycles. The molecule has 0 amide bonds. The summed E-state index contributed by atoms with van der Waals surface area (Å²) < 4.78 is 37.2. The Hall–Kier alpha value is -1.08. The van der Waals surface area contributed by atoms with Gasteiger partial charge in [-0.2, -0.15) is 23.8 Å². The lowest BCUT2D eigenvalue weighted by atomic mass is 10.3. The van der Waals surface area contributed by atoms with Crippen LogP contribution in [0.2, 0.25) is 0 Å². The van der Waals surface area contributed by atoms with Crippen molar-refractivity contribution in [1.29, 1.82) is 0 Å². The van der Waals surface area contributed by atoms with Crippen molar-refractivity contribution in [2.75, 3.05) is 0 Å². The molecule has 0 aromatic carbocycles. The molecule has 7 heteroatoms. The van der Waals surface area contributed by atoms with E-state index < -0.39 is 11.9 Å². The van der Waals surface area contributed by atoms with E-state index >= 15 is 0 Å². The zero-order valence-electron chi connectivity index (χ0n) is 6.76. The highest BCUT2D eigenvalue weighted by molar-refractivity contribution is 5.12. The molecule has 4 nitrogen and oxygen atoms in total. The van der Waals surface area contributed by atoms with Gasteiger partial charge in [0.05, 0.1) is 12.2 Å². The molecule has 0 radical (unpaired) electrons. The lowest BCUT2D eigenvalue weighted by Crippen LogP contribution is -2.10. The van der Waals surface area contributed by atoms with Crippen molar-refractivity contribution in [3.8, 4) is 0 Å². The highest BCUT2D eigenvalue weighted by atomic mass is 19.4. The number of nitrogens with one attached hydrogen (secondary N) is 1. The molecule has 1 rings (SSSR count). The Labute approximate surface area is 71.9 Å². The summed E-state index contributed by atoms with van der Waals surface area (Å²) in [6.45, 7) is -0.0699. The minimum Gasteiger partial charge on any atom is -0.316 e. The maximum atomic E-state index is 12.1. The quantitative estimate of drug-likeness (QED) is 0.690. The van der Waals surface area contributed by atoms with Crippen LogP contribution in [-0.4, -0.2) is 15.0 Å². The number of nitrogens with zero attached hydrogens (tertiary/aromatic N) is 2. The largest absolute Gasteiger partial charge is 0.435 e. The lowest BCUT2D eigenvalue weighted by molar-refractivity contribution is -0.141. The number of hydroxylamine groups is 1. The van der Waals surface area contributed by atoms with E-state index in [-0.39, 0.29) is 12.2 Å². The van der Waals surface area contributed by atoms with Gasteiger partial charge in [-0.05, 0) is 6.07 Å². The highest BCUT2D eigenvalue weighted by Gasteiger charge is 2.34. The Bertz CT molecular complexity index is 294. The Morgan fingerprint density at radius 1 is 1.62 bits per heavy atom. The molecular formula is C6H8F3N3O. The van der Waals surface area contributed by atoms with E-state index in [1.165, 1.54) is 7.05 Å². The van der Waals surface area contributed by atoms with Crippen LogP contribution in [0.1, 0.15) is 11.4 Å². The van der Waals surface area contributed by atoms with Crippen LogP contribution in [0.3, 0.4) is 0 Å². The minimum absolute atomic E-state index is 0.0699. The molecule has 0 aliphatic carbocycles. The zero-order valence-corrected chi connectivity index (χ0v) is 6.76. The van der Waals surface area contributed by atoms with Gasteiger partial charge in [0.15, 0.2) is 5.69 Å². The molecule has 0 aliphatic rings. The molecule has 1 heterocycles. The first-order valence-electron chi connectivity index (χ1n) is 3.42. The molecule has 0 saturated heterocycles. The summed E-state index contributed by atoms with van der Waals surface area (Å²) >= 11 is 0. The van der Waals surface area contributed by atoms with E-state index in [9.17, 15) is 13.2 Å². The number of hydrogen-bond acceptors (Lipinski definition) is 3. The van der Waals surface area contributed by atoms with Crippen molar-refractivity contribution in [1.82, 2.24) is 15.3 Å². The first kappa shape index (κ1) is 10.0. The molecule has 0 spiro atoms. The molecule has 13 heavy (non-hydrogen) atoms. The monoisotopic (exact) mass is 195 g/mol. The Morgan fingerprint density at radius 3 is 2.62 bits per heavy atom. The van der Waals surface area contributed by atoms with Crippen LogP contribution in [-0.2, 0) is 19.8 Å². The van der Waals surface area contributed by atoms with Crippen molar-refractivity contribution in [2.45, 2.75) is 12.7 Å². The van der Waals surface area contributed by atoms with E-state index in [0.29, 0.717) is 0 Å². The number of halogens is 3. The van der Waals surface area contributed by atoms with Crippen molar-refractivity contribution in [2.24, 2.45) is 7.05 Å². The Morgan fingerprint density at radius 2 is 2.23 bits per heavy atom. The van der Waals surface area contributed by atoms with Gasteiger partial charge in [0.25, 0.3) is 0 Å². The number of aromatic nitrogens is 2. The van der Waals surface area contributed by atoms with Gasteiger partial charge >= 0.3 is 6.18 Å². The fourth-order valence-electron chi connectivity index (χ4n) is 0.891. The van der Waals surface area contributed by atoms with Gasteiger partial charge in [0, 0.05) is 7.05 Å². The van der Waals surface area contributed by atoms with Crippen molar-refractivity contribution in [3.63, 3.8) is 0 Å². The summed E-state index contributed by atoms with van der Waals surface area (Å²) in [6, 6.07) is 0.878. The van der Waals surface area contributed by atoms with Gasteiger partial charge in [-0.1, -0.05) is 0 Å². The molecule has 1 aromatic heterocycles. The average Bonchev–Trinajstić information content (AvgIpc) is 2.32. The minimum atomic E-state index is -4.44. The molecule has 0 unspecified atom stereocenters. The predicted molar refractivity (Wildman–Crippen MR) is 36.8 cm³/mol. The molecular weight excluding hydrogens is 187 g/mol. The third-order valence-corrected chi connectivity index (χ3v) is 1.53. The van der Waals surface area contributed by atoms with Gasteiger partial charge in [0.2, 0.25) is 0 Å². The van der Waals surface area contributed by atoms with Crippen molar-refractivity contribution < 1.29 is 18.4 Å². The molecule has 0 saturated carbocycles. The molecule has 74 valence electrons. The topological polar surface area (TPSA) is 50.1 Å². The van der Waals surface area contributed by atoms with Gasteiger partial charge in [-0.25, -0.2) is 0 Å². The van der Waals surface area contributed by atoms with E-state index in [1.807, 2.05) is 0 Å². The lowest BCUT2D eigenvalue weighted by Gasteiger charge is -1.99. The summed E-state index contributed by atoms with van der Waals surface area (Å²) in [5, 5.41) is 11.5. The third kappa shape index (κ3) is 2.19. The van der Waals surface area contributed by atoms with E-state index in [2.05, 4.69) is 5.10 Å². The van der Waals surface area contributed by atoms with Crippen molar-refractivity contribution in [3.05, 3.63) is 17.5 Å². The highest BCUT2D eigenvalue weighted by Crippen LogP contribution is 2.28. The number of hydrogen-bond donors (Lipinski definition) is 2. The fourth-order valence-corrected chi connectivity index (χ4v) is 0.891. The van der Waals surface area contributed by atoms with Crippen LogP contribution in [0.15, 0.2) is 6.07 Å². The van der Waals surface area contributed by atoms with Crippen LogP contribution in [0, 0.1) is 0 Å². The maximum Gasteiger partial charge on any atom is 0.435 e. The van der Waals surface area contributed by atoms with Crippen LogP contribution < -0.4 is 5.48 Å². The first-order valence-corrected chi connectivity index (χ1v) is 3.42. The van der Waals surface area contributed by atoms with Gasteiger partial charge in [0.1, 0.15) is 0 Å². The van der Waals surface area contributed by atoms with Gasteiger partial charge in [-0.3, -0.25) is 4.68 Å². The van der Waals surface area contributed by atoms with Crippen LogP contribution in [0.5, 0.6) is 0 Å². The van der Waals surface area contributed by atoms with Gasteiger partial charge in [-0.15, -0.1) is 0 Å². The predicted octanol–water partition coefficient (Wildman–Crippen LogP) is 0.918. The second-order valence-corrected chi connectivity index (χ2v) is 2.48. The van der Waals surface area contributed by atoms with E-state index in [4.69, 9.17) is 5.21 Å². The fraction of sp³-hybridized carbons (Fsp3) is 0.500. The van der Waals surface area contributed by atoms with Crippen LogP contribution in [0.4, 0.5) is 13.2 Å². The van der Waals surface area contributed by atoms with Gasteiger partial charge < -0.3 is 5.21 Å². The Balaban J connectivity index is 2.95. The van der Waals surface area contributed by atoms with Crippen molar-refractivity contribution >= 4 is 0 Å². The van der Waals surface area contributed by atoms with Crippen LogP contribution in [0.25, 0.3) is 0 Å².